The van der Waals surface area contributed by atoms with E-state index in [1.807, 2.05) is 0 Å². The summed E-state index contributed by atoms with van der Waals surface area (Å²) >= 11 is 42.2. The van der Waals surface area contributed by atoms with Crippen LogP contribution in [-0.2, 0) is 0 Å². The molecule has 0 spiro atoms. The molecule has 0 aliphatic carbocycles. The maximum Gasteiger partial charge on any atom is 0.254 e. The second kappa shape index (κ2) is 11.1. The first-order valence-electron chi connectivity index (χ1n) is 7.85. The molecule has 0 fully saturated rings. The Bertz CT molecular complexity index is 952. The monoisotopic (exact) mass is 655 g/mol. The molecule has 0 aromatic heterocycles. The molecule has 5 nitrogen and oxygen atoms in total. The van der Waals surface area contributed by atoms with Crippen molar-refractivity contribution in [1.82, 2.24) is 10.6 Å². The fourth-order valence-electron chi connectivity index (χ4n) is 2.15. The number of hydrogen-bond acceptors (Lipinski definition) is 3. The van der Waals surface area contributed by atoms with Crippen LogP contribution in [-0.4, -0.2) is 28.1 Å². The van der Waals surface area contributed by atoms with Crippen LogP contribution in [0, 0.1) is 0 Å². The lowest BCUT2D eigenvalue weighted by atomic mass is 10.2. The molecule has 30 heavy (non-hydrogen) atoms. The summed E-state index contributed by atoms with van der Waals surface area (Å²) in [5.74, 6) is 0.0413. The van der Waals surface area contributed by atoms with Gasteiger partial charge in [0.25, 0.3) is 5.91 Å². The minimum Gasteiger partial charge on any atom is -0.497 e. The standard InChI is InChI=1S/C17H12Br2Cl5N3O2S/c1-29-8-5-10(18)13(11(19)6-8)25-16(30)27-15(17(22,23)24)26-14(28)9-3-2-7(20)4-12(9)21/h2-6,15H,1H3,(H,26,28)(H2,25,27,30)/t15-/m1/s1. The van der Waals surface area contributed by atoms with Crippen molar-refractivity contribution in [3.8, 4) is 5.75 Å². The molecule has 0 unspecified atom stereocenters. The fraction of sp³-hybridized carbons (Fsp3) is 0.176. The molecule has 2 aromatic carbocycles. The SMILES string of the molecule is COc1cc(Br)c(NC(=S)N[C@@H](NC(=O)c2ccc(Cl)cc2Cl)C(Cl)(Cl)Cl)c(Br)c1. The lowest BCUT2D eigenvalue weighted by Gasteiger charge is -2.28. The highest BCUT2D eigenvalue weighted by molar-refractivity contribution is 9.11. The van der Waals surface area contributed by atoms with Gasteiger partial charge in [0.1, 0.15) is 11.9 Å². The zero-order chi connectivity index (χ0) is 22.6. The first kappa shape index (κ1) is 26.1. The zero-order valence-corrected chi connectivity index (χ0v) is 22.6. The Morgan fingerprint density at radius 1 is 1.10 bits per heavy atom. The number of nitrogens with one attached hydrogen (secondary N) is 3. The van der Waals surface area contributed by atoms with Crippen molar-refractivity contribution in [2.24, 2.45) is 0 Å². The van der Waals surface area contributed by atoms with Crippen molar-refractivity contribution in [1.29, 1.82) is 0 Å². The number of thiocarbonyl (C=S) groups is 1. The predicted octanol–water partition coefficient (Wildman–Crippen LogP) is 6.94. The van der Waals surface area contributed by atoms with Crippen LogP contribution in [0.2, 0.25) is 10.0 Å². The third-order valence-corrected chi connectivity index (χ3v) is 6.22. The Kier molecular flexibility index (Phi) is 9.64. The first-order chi connectivity index (χ1) is 13.9. The highest BCUT2D eigenvalue weighted by Gasteiger charge is 2.35. The van der Waals surface area contributed by atoms with Crippen molar-refractivity contribution in [3.05, 3.63) is 54.9 Å². The van der Waals surface area contributed by atoms with Crippen molar-refractivity contribution in [2.75, 3.05) is 12.4 Å². The molecule has 0 saturated heterocycles. The topological polar surface area (TPSA) is 62.4 Å². The lowest BCUT2D eigenvalue weighted by molar-refractivity contribution is 0.0934. The Balaban J connectivity index is 2.17. The van der Waals surface area contributed by atoms with E-state index < -0.39 is 15.9 Å². The predicted molar refractivity (Wildman–Crippen MR) is 136 cm³/mol. The molecule has 162 valence electrons. The van der Waals surface area contributed by atoms with Crippen molar-refractivity contribution >= 4 is 119 Å². The van der Waals surface area contributed by atoms with Gasteiger partial charge in [-0.2, -0.15) is 0 Å². The molecule has 0 radical (unpaired) electrons. The molecule has 13 heteroatoms. The van der Waals surface area contributed by atoms with Gasteiger partial charge < -0.3 is 20.7 Å². The van der Waals surface area contributed by atoms with E-state index in [2.05, 4.69) is 47.8 Å². The van der Waals surface area contributed by atoms with Crippen LogP contribution in [0.25, 0.3) is 0 Å². The molecule has 2 rings (SSSR count). The number of halogens is 7. The smallest absolute Gasteiger partial charge is 0.254 e. The van der Waals surface area contributed by atoms with Gasteiger partial charge in [0, 0.05) is 14.0 Å². The lowest BCUT2D eigenvalue weighted by Crippen LogP contribution is -2.56. The summed E-state index contributed by atoms with van der Waals surface area (Å²) in [7, 11) is 1.55. The Hall–Kier alpha value is -0.190. The van der Waals surface area contributed by atoms with Crippen LogP contribution in [0.15, 0.2) is 39.3 Å². The molecule has 1 atom stereocenters. The van der Waals surface area contributed by atoms with E-state index in [9.17, 15) is 4.79 Å². The average Bonchev–Trinajstić information content (AvgIpc) is 2.63. The van der Waals surface area contributed by atoms with E-state index in [0.717, 1.165) is 0 Å². The third-order valence-electron chi connectivity index (χ3n) is 3.54. The number of amides is 1. The maximum atomic E-state index is 12.6. The van der Waals surface area contributed by atoms with Crippen LogP contribution in [0.5, 0.6) is 5.75 Å². The van der Waals surface area contributed by atoms with Gasteiger partial charge in [0.15, 0.2) is 5.11 Å². The van der Waals surface area contributed by atoms with Gasteiger partial charge in [-0.3, -0.25) is 4.79 Å². The quantitative estimate of drug-likeness (QED) is 0.185. The van der Waals surface area contributed by atoms with Gasteiger partial charge in [0.2, 0.25) is 3.79 Å². The van der Waals surface area contributed by atoms with Gasteiger partial charge >= 0.3 is 0 Å². The summed E-state index contributed by atoms with van der Waals surface area (Å²) in [6.07, 6.45) is -1.18. The highest BCUT2D eigenvalue weighted by Crippen LogP contribution is 2.35. The average molecular weight is 659 g/mol. The normalized spacial score (nSPS) is 12.1. The highest BCUT2D eigenvalue weighted by atomic mass is 79.9. The molecule has 0 heterocycles. The second-order valence-corrected chi connectivity index (χ2v) is 11.0. The molecule has 1 amide bonds. The van der Waals surface area contributed by atoms with Gasteiger partial charge in [-0.1, -0.05) is 58.0 Å². The van der Waals surface area contributed by atoms with Crippen molar-refractivity contribution < 1.29 is 9.53 Å². The number of anilines is 1. The summed E-state index contributed by atoms with van der Waals surface area (Å²) in [6.45, 7) is 0. The number of hydrogen-bond donors (Lipinski definition) is 3. The molecule has 0 aliphatic heterocycles. The molecular formula is C17H12Br2Cl5N3O2S. The van der Waals surface area contributed by atoms with E-state index >= 15 is 0 Å². The number of benzene rings is 2. The second-order valence-electron chi connectivity index (χ2n) is 5.64. The fourth-order valence-corrected chi connectivity index (χ4v) is 4.53. The van der Waals surface area contributed by atoms with Gasteiger partial charge in [-0.25, -0.2) is 0 Å². The summed E-state index contributed by atoms with van der Waals surface area (Å²) in [6, 6.07) is 7.89. The van der Waals surface area contributed by atoms with Gasteiger partial charge in [0.05, 0.1) is 23.4 Å². The van der Waals surface area contributed by atoms with E-state index in [-0.39, 0.29) is 15.7 Å². The van der Waals surface area contributed by atoms with E-state index in [0.29, 0.717) is 25.4 Å². The summed E-state index contributed by atoms with van der Waals surface area (Å²) in [5, 5.41) is 8.90. The van der Waals surface area contributed by atoms with Gasteiger partial charge in [-0.05, 0) is 74.4 Å². The van der Waals surface area contributed by atoms with Crippen molar-refractivity contribution in [3.63, 3.8) is 0 Å². The maximum absolute atomic E-state index is 12.6. The van der Waals surface area contributed by atoms with Crippen molar-refractivity contribution in [2.45, 2.75) is 9.96 Å². The molecule has 0 aliphatic rings. The summed E-state index contributed by atoms with van der Waals surface area (Å²) in [5.41, 5.74) is 0.755. The minimum absolute atomic E-state index is 0.0837. The van der Waals surface area contributed by atoms with Crippen LogP contribution >= 0.6 is 102 Å². The molecule has 2 aromatic rings. The summed E-state index contributed by atoms with van der Waals surface area (Å²) < 4.78 is 4.59. The number of rotatable bonds is 5. The zero-order valence-electron chi connectivity index (χ0n) is 14.8. The number of carbonyl (C=O) groups is 1. The van der Waals surface area contributed by atoms with Crippen LogP contribution < -0.4 is 20.7 Å². The number of methoxy groups -OCH3 is 1. The largest absolute Gasteiger partial charge is 0.497 e. The Labute approximate surface area is 220 Å². The molecule has 3 N–H and O–H groups in total. The van der Waals surface area contributed by atoms with Crippen LogP contribution in [0.3, 0.4) is 0 Å². The van der Waals surface area contributed by atoms with E-state index in [1.165, 1.54) is 18.2 Å². The first-order valence-corrected chi connectivity index (χ1v) is 11.7. The Morgan fingerprint density at radius 3 is 2.20 bits per heavy atom. The van der Waals surface area contributed by atoms with Crippen LogP contribution in [0.1, 0.15) is 10.4 Å². The summed E-state index contributed by atoms with van der Waals surface area (Å²) in [4.78, 5) is 12.6. The molecule has 0 bridgehead atoms. The van der Waals surface area contributed by atoms with Crippen LogP contribution in [0.4, 0.5) is 5.69 Å². The third kappa shape index (κ3) is 7.17. The minimum atomic E-state index is -1.94. The van der Waals surface area contributed by atoms with E-state index in [4.69, 9.17) is 75.0 Å². The number of ether oxygens (including phenoxy) is 1. The van der Waals surface area contributed by atoms with E-state index in [1.54, 1.807) is 19.2 Å². The molecule has 0 saturated carbocycles. The number of carbonyl (C=O) groups excluding carboxylic acids is 1. The number of alkyl halides is 3. The Morgan fingerprint density at radius 2 is 1.70 bits per heavy atom. The van der Waals surface area contributed by atoms with Gasteiger partial charge in [-0.15, -0.1) is 0 Å². The molecular weight excluding hydrogens is 647 g/mol.